The summed E-state index contributed by atoms with van der Waals surface area (Å²) in [6.45, 7) is 8.38. The molecule has 1 rings (SSSR count). The second-order valence-electron chi connectivity index (χ2n) is 6.16. The Hall–Kier alpha value is -0.970. The van der Waals surface area contributed by atoms with Gasteiger partial charge in [0.05, 0.1) is 16.8 Å². The fourth-order valence-electron chi connectivity index (χ4n) is 2.20. The van der Waals surface area contributed by atoms with Gasteiger partial charge in [-0.2, -0.15) is 0 Å². The van der Waals surface area contributed by atoms with Crippen LogP contribution in [0.3, 0.4) is 0 Å². The van der Waals surface area contributed by atoms with Crippen molar-refractivity contribution in [3.63, 3.8) is 0 Å². The maximum absolute atomic E-state index is 10.2. The average Bonchev–Trinajstić information content (AvgIpc) is 2.89. The van der Waals surface area contributed by atoms with Crippen LogP contribution in [0.1, 0.15) is 57.2 Å². The predicted octanol–water partition coefficient (Wildman–Crippen LogP) is 4.35. The lowest BCUT2D eigenvalue weighted by Gasteiger charge is -2.10. The van der Waals surface area contributed by atoms with Gasteiger partial charge in [0.2, 0.25) is 0 Å². The van der Waals surface area contributed by atoms with Gasteiger partial charge < -0.3 is 10.2 Å². The van der Waals surface area contributed by atoms with Gasteiger partial charge in [-0.25, -0.2) is 4.98 Å². The van der Waals surface area contributed by atoms with E-state index in [9.17, 15) is 5.11 Å². The Morgan fingerprint density at radius 2 is 2.14 bits per heavy atom. The molecule has 0 saturated carbocycles. The molecule has 2 N–H and O–H groups in total. The molecule has 1 aromatic rings. The molecule has 0 saturated heterocycles. The van der Waals surface area contributed by atoms with Crippen LogP contribution in [0.5, 0.6) is 0 Å². The van der Waals surface area contributed by atoms with Gasteiger partial charge in [-0.3, -0.25) is 0 Å². The molecular weight excluding hydrogens is 294 g/mol. The minimum absolute atomic E-state index is 0.265. The van der Waals surface area contributed by atoms with Crippen molar-refractivity contribution in [3.8, 4) is 0 Å². The highest BCUT2D eigenvalue weighted by Crippen LogP contribution is 2.17. The van der Waals surface area contributed by atoms with Gasteiger partial charge in [0.1, 0.15) is 0 Å². The Labute approximate surface area is 138 Å². The van der Waals surface area contributed by atoms with Gasteiger partial charge in [-0.15, -0.1) is 11.3 Å². The molecule has 0 aliphatic rings. The van der Waals surface area contributed by atoms with Crippen LogP contribution in [-0.4, -0.2) is 27.9 Å². The first kappa shape index (κ1) is 19.1. The highest BCUT2D eigenvalue weighted by atomic mass is 32.1. The van der Waals surface area contributed by atoms with Crippen molar-refractivity contribution in [2.24, 2.45) is 5.92 Å². The zero-order valence-electron chi connectivity index (χ0n) is 14.2. The summed E-state index contributed by atoms with van der Waals surface area (Å²) in [6, 6.07) is 0. The number of aryl methyl sites for hydroxylation is 1. The molecule has 0 aromatic carbocycles. The first-order chi connectivity index (χ1) is 10.4. The van der Waals surface area contributed by atoms with Crippen molar-refractivity contribution in [2.45, 2.75) is 59.5 Å². The van der Waals surface area contributed by atoms with E-state index in [-0.39, 0.29) is 6.61 Å². The van der Waals surface area contributed by atoms with Crippen LogP contribution in [0.2, 0.25) is 0 Å². The van der Waals surface area contributed by atoms with E-state index in [1.807, 2.05) is 25.3 Å². The van der Waals surface area contributed by atoms with E-state index in [4.69, 9.17) is 5.11 Å². The number of nitrogens with zero attached hydrogens (tertiary/aromatic N) is 1. The summed E-state index contributed by atoms with van der Waals surface area (Å²) in [6.07, 6.45) is 7.45. The first-order valence-electron chi connectivity index (χ1n) is 7.97. The predicted molar refractivity (Wildman–Crippen MR) is 95.0 cm³/mol. The van der Waals surface area contributed by atoms with Crippen molar-refractivity contribution in [3.05, 3.63) is 33.3 Å². The quantitative estimate of drug-likeness (QED) is 0.664. The van der Waals surface area contributed by atoms with Gasteiger partial charge in [0, 0.05) is 12.0 Å². The summed E-state index contributed by atoms with van der Waals surface area (Å²) >= 11 is 1.62. The summed E-state index contributed by atoms with van der Waals surface area (Å²) in [5, 5.41) is 22.3. The topological polar surface area (TPSA) is 53.4 Å². The standard InChI is InChI=1S/C18H29NO2S/c1-13(6-5-7-14(2)11-20)8-9-18(21)15(3)10-17-12-22-16(4)19-17/h8,10,12,14,18,20-21H,5-7,9,11H2,1-4H3/b13-8-,15-10+/t14-,18-/m0/s1. The summed E-state index contributed by atoms with van der Waals surface area (Å²) in [4.78, 5) is 4.39. The number of rotatable bonds is 9. The van der Waals surface area contributed by atoms with Crippen molar-refractivity contribution in [1.82, 2.24) is 4.98 Å². The molecule has 124 valence electrons. The molecule has 22 heavy (non-hydrogen) atoms. The van der Waals surface area contributed by atoms with E-state index in [2.05, 4.69) is 24.9 Å². The SMILES string of the molecule is C/C(=C/C[C@H](O)/C(C)=C/c1csc(C)n1)CCC[C@H](C)CO. The molecule has 0 bridgehead atoms. The van der Waals surface area contributed by atoms with Crippen LogP contribution in [0, 0.1) is 12.8 Å². The van der Waals surface area contributed by atoms with E-state index in [0.29, 0.717) is 12.3 Å². The molecule has 1 aromatic heterocycles. The monoisotopic (exact) mass is 323 g/mol. The minimum Gasteiger partial charge on any atom is -0.396 e. The number of hydrogen-bond acceptors (Lipinski definition) is 4. The van der Waals surface area contributed by atoms with Gasteiger partial charge in [-0.1, -0.05) is 18.6 Å². The summed E-state index contributed by atoms with van der Waals surface area (Å²) < 4.78 is 0. The molecule has 3 nitrogen and oxygen atoms in total. The maximum atomic E-state index is 10.2. The first-order valence-corrected chi connectivity index (χ1v) is 8.85. The van der Waals surface area contributed by atoms with Gasteiger partial charge >= 0.3 is 0 Å². The summed E-state index contributed by atoms with van der Waals surface area (Å²) in [7, 11) is 0. The van der Waals surface area contributed by atoms with E-state index in [1.165, 1.54) is 5.57 Å². The lowest BCUT2D eigenvalue weighted by atomic mass is 10.0. The van der Waals surface area contributed by atoms with Crippen LogP contribution >= 0.6 is 11.3 Å². The number of hydrogen-bond donors (Lipinski definition) is 2. The van der Waals surface area contributed by atoms with Crippen molar-refractivity contribution in [1.29, 1.82) is 0 Å². The summed E-state index contributed by atoms with van der Waals surface area (Å²) in [5.41, 5.74) is 3.18. The Bertz CT molecular complexity index is 505. The smallest absolute Gasteiger partial charge is 0.0901 e. The normalized spacial score (nSPS) is 15.9. The van der Waals surface area contributed by atoms with Gasteiger partial charge in [0.15, 0.2) is 0 Å². The van der Waals surface area contributed by atoms with Crippen molar-refractivity contribution >= 4 is 17.4 Å². The highest BCUT2D eigenvalue weighted by Gasteiger charge is 2.06. The zero-order chi connectivity index (χ0) is 16.5. The van der Waals surface area contributed by atoms with Crippen LogP contribution in [-0.2, 0) is 0 Å². The van der Waals surface area contributed by atoms with Crippen LogP contribution in [0.4, 0.5) is 0 Å². The molecule has 0 spiro atoms. The van der Waals surface area contributed by atoms with Gasteiger partial charge in [-0.05, 0) is 64.0 Å². The van der Waals surface area contributed by atoms with E-state index >= 15 is 0 Å². The Kier molecular flexibility index (Phi) is 8.61. The molecular formula is C18H29NO2S. The van der Waals surface area contributed by atoms with Crippen molar-refractivity contribution in [2.75, 3.05) is 6.61 Å². The van der Waals surface area contributed by atoms with E-state index in [1.54, 1.807) is 11.3 Å². The number of aliphatic hydroxyl groups is 2. The molecule has 0 unspecified atom stereocenters. The Morgan fingerprint density at radius 1 is 1.41 bits per heavy atom. The number of allylic oxidation sites excluding steroid dienone is 1. The molecule has 0 amide bonds. The van der Waals surface area contributed by atoms with Crippen LogP contribution in [0.25, 0.3) is 6.08 Å². The average molecular weight is 324 g/mol. The fraction of sp³-hybridized carbons (Fsp3) is 0.611. The fourth-order valence-corrected chi connectivity index (χ4v) is 2.77. The Morgan fingerprint density at radius 3 is 2.73 bits per heavy atom. The zero-order valence-corrected chi connectivity index (χ0v) is 15.0. The second-order valence-corrected chi connectivity index (χ2v) is 7.22. The third-order valence-electron chi connectivity index (χ3n) is 3.81. The lowest BCUT2D eigenvalue weighted by Crippen LogP contribution is -2.06. The molecule has 0 radical (unpaired) electrons. The molecule has 4 heteroatoms. The van der Waals surface area contributed by atoms with Crippen LogP contribution < -0.4 is 0 Å². The number of aromatic nitrogens is 1. The molecule has 0 aliphatic heterocycles. The minimum atomic E-state index is -0.451. The summed E-state index contributed by atoms with van der Waals surface area (Å²) in [5.74, 6) is 0.380. The highest BCUT2D eigenvalue weighted by molar-refractivity contribution is 7.09. The van der Waals surface area contributed by atoms with E-state index < -0.39 is 6.10 Å². The largest absolute Gasteiger partial charge is 0.396 e. The maximum Gasteiger partial charge on any atom is 0.0901 e. The van der Waals surface area contributed by atoms with Crippen molar-refractivity contribution < 1.29 is 10.2 Å². The molecule has 1 heterocycles. The van der Waals surface area contributed by atoms with E-state index in [0.717, 1.165) is 35.5 Å². The third kappa shape index (κ3) is 7.34. The lowest BCUT2D eigenvalue weighted by molar-refractivity contribution is 0.215. The third-order valence-corrected chi connectivity index (χ3v) is 4.60. The number of thiazole rings is 1. The molecule has 0 fully saturated rings. The molecule has 2 atom stereocenters. The Balaban J connectivity index is 2.41. The molecule has 0 aliphatic carbocycles. The van der Waals surface area contributed by atoms with Crippen LogP contribution in [0.15, 0.2) is 22.6 Å². The number of aliphatic hydroxyl groups excluding tert-OH is 2. The second kappa shape index (κ2) is 9.93. The van der Waals surface area contributed by atoms with Gasteiger partial charge in [0.25, 0.3) is 0 Å².